The van der Waals surface area contributed by atoms with Gasteiger partial charge in [-0.25, -0.2) is 4.79 Å². The zero-order chi connectivity index (χ0) is 27.9. The summed E-state index contributed by atoms with van der Waals surface area (Å²) in [6.07, 6.45) is 3.40. The van der Waals surface area contributed by atoms with Gasteiger partial charge >= 0.3 is 5.97 Å². The van der Waals surface area contributed by atoms with E-state index in [9.17, 15) is 25.2 Å². The molecule has 0 spiro atoms. The molecule has 9 nitrogen and oxygen atoms in total. The van der Waals surface area contributed by atoms with Crippen molar-refractivity contribution < 1.29 is 44.2 Å². The van der Waals surface area contributed by atoms with Crippen molar-refractivity contribution in [1.29, 1.82) is 0 Å². The summed E-state index contributed by atoms with van der Waals surface area (Å²) in [5, 5.41) is 44.7. The van der Waals surface area contributed by atoms with Crippen molar-refractivity contribution in [3.05, 3.63) is 11.6 Å². The Morgan fingerprint density at radius 1 is 1.03 bits per heavy atom. The van der Waals surface area contributed by atoms with Crippen molar-refractivity contribution in [1.82, 2.24) is 0 Å². The van der Waals surface area contributed by atoms with Gasteiger partial charge in [0.2, 0.25) is 0 Å². The smallest absolute Gasteiger partial charge is 0.331 e. The van der Waals surface area contributed by atoms with Crippen LogP contribution in [0.4, 0.5) is 0 Å². The molecule has 9 heteroatoms. The van der Waals surface area contributed by atoms with E-state index in [2.05, 4.69) is 13.8 Å². The Morgan fingerprint density at radius 3 is 2.49 bits per heavy atom. The number of fused-ring (bicyclic) bond motifs is 5. The highest BCUT2D eigenvalue weighted by atomic mass is 16.7. The van der Waals surface area contributed by atoms with Gasteiger partial charge in [-0.15, -0.1) is 0 Å². The van der Waals surface area contributed by atoms with Crippen LogP contribution in [0, 0.1) is 34.5 Å². The topological polar surface area (TPSA) is 135 Å². The standard InChI is InChI=1S/C30H46O9/c1-15-24(33)26(36-4)25(34)27(38-15)39-18-7-9-28(2)17(12-18)5-6-20-19(28)8-10-29(3)23(16-11-22(32)37-14-16)21(31)13-30(20,29)35/h11,15,17-21,23-27,31,33-35H,5-10,12-14H2,1-4H3/t15-,17-,18+,19+,20-,21+,23+,24+,25?,26+,27+,28+,29-,30+/m1/s1. The number of rotatable bonds is 4. The summed E-state index contributed by atoms with van der Waals surface area (Å²) >= 11 is 0. The SMILES string of the molecule is CO[C@@H]1C(O)[C@H](O[C@H]2CC[C@@]3(C)[C@H](CC[C@@H]4[C@@H]3CC[C@]3(C)[C@@H](C5=CC(=O)OC5)[C@@H](O)C[C@]43O)C2)O[C@H](C)[C@@H]1O. The predicted octanol–water partition coefficient (Wildman–Crippen LogP) is 2.08. The number of hydrogen-bond donors (Lipinski definition) is 4. The van der Waals surface area contributed by atoms with Crippen LogP contribution >= 0.6 is 0 Å². The van der Waals surface area contributed by atoms with Gasteiger partial charge in [0.25, 0.3) is 0 Å². The first-order valence-electron chi connectivity index (χ1n) is 14.9. The molecule has 6 rings (SSSR count). The fourth-order valence-corrected chi connectivity index (χ4v) is 10.2. The van der Waals surface area contributed by atoms with E-state index in [0.717, 1.165) is 50.5 Å². The summed E-state index contributed by atoms with van der Waals surface area (Å²) in [4.78, 5) is 11.8. The molecule has 4 N–H and O–H groups in total. The average Bonchev–Trinajstić information content (AvgIpc) is 3.39. The van der Waals surface area contributed by atoms with Crippen LogP contribution in [0.5, 0.6) is 0 Å². The predicted molar refractivity (Wildman–Crippen MR) is 139 cm³/mol. The van der Waals surface area contributed by atoms with Crippen molar-refractivity contribution in [3.63, 3.8) is 0 Å². The lowest BCUT2D eigenvalue weighted by Gasteiger charge is -2.63. The van der Waals surface area contributed by atoms with Crippen LogP contribution in [0.1, 0.15) is 72.1 Å². The zero-order valence-electron chi connectivity index (χ0n) is 23.6. The monoisotopic (exact) mass is 550 g/mol. The van der Waals surface area contributed by atoms with Gasteiger partial charge in [-0.1, -0.05) is 13.8 Å². The third-order valence-corrected chi connectivity index (χ3v) is 12.3. The molecule has 39 heavy (non-hydrogen) atoms. The normalized spacial score (nSPS) is 55.3. The quantitative estimate of drug-likeness (QED) is 0.307. The lowest BCUT2D eigenvalue weighted by atomic mass is 9.43. The molecule has 0 aromatic rings. The molecular formula is C30H46O9. The third kappa shape index (κ3) is 4.09. The van der Waals surface area contributed by atoms with E-state index in [1.165, 1.54) is 13.2 Å². The Kier molecular flexibility index (Phi) is 7.02. The van der Waals surface area contributed by atoms with E-state index >= 15 is 0 Å². The largest absolute Gasteiger partial charge is 0.458 e. The summed E-state index contributed by atoms with van der Waals surface area (Å²) in [5.74, 6) is 0.260. The van der Waals surface area contributed by atoms with Crippen molar-refractivity contribution in [3.8, 4) is 0 Å². The first kappa shape index (κ1) is 28.1. The van der Waals surface area contributed by atoms with Gasteiger partial charge in [0.05, 0.1) is 23.9 Å². The van der Waals surface area contributed by atoms with Gasteiger partial charge < -0.3 is 39.4 Å². The van der Waals surface area contributed by atoms with Crippen LogP contribution in [-0.4, -0.2) is 88.6 Å². The number of aliphatic hydroxyl groups is 4. The van der Waals surface area contributed by atoms with Crippen LogP contribution in [0.15, 0.2) is 11.6 Å². The zero-order valence-corrected chi connectivity index (χ0v) is 23.6. The second-order valence-corrected chi connectivity index (χ2v) is 13.9. The van der Waals surface area contributed by atoms with E-state index in [-0.39, 0.29) is 35.9 Å². The van der Waals surface area contributed by atoms with Gasteiger partial charge in [-0.3, -0.25) is 0 Å². The van der Waals surface area contributed by atoms with Crippen LogP contribution < -0.4 is 0 Å². The number of cyclic esters (lactones) is 1. The molecule has 220 valence electrons. The molecule has 5 fully saturated rings. The second kappa shape index (κ2) is 9.75. The van der Waals surface area contributed by atoms with E-state index in [1.807, 2.05) is 0 Å². The number of esters is 1. The molecule has 4 saturated carbocycles. The molecule has 0 aromatic carbocycles. The van der Waals surface area contributed by atoms with E-state index in [1.54, 1.807) is 6.92 Å². The maximum absolute atomic E-state index is 12.4. The summed E-state index contributed by atoms with van der Waals surface area (Å²) in [7, 11) is 1.48. The van der Waals surface area contributed by atoms with E-state index in [0.29, 0.717) is 18.3 Å². The number of aliphatic hydroxyl groups excluding tert-OH is 3. The summed E-state index contributed by atoms with van der Waals surface area (Å²) < 4.78 is 22.7. The summed E-state index contributed by atoms with van der Waals surface area (Å²) in [6.45, 7) is 6.48. The number of carbonyl (C=O) groups excluding carboxylic acids is 1. The molecule has 0 amide bonds. The number of methoxy groups -OCH3 is 1. The van der Waals surface area contributed by atoms with Crippen LogP contribution in [0.25, 0.3) is 0 Å². The van der Waals surface area contributed by atoms with Crippen molar-refractivity contribution in [2.24, 2.45) is 34.5 Å². The Labute approximate surface area is 230 Å². The Bertz CT molecular complexity index is 1000. The van der Waals surface area contributed by atoms with Crippen LogP contribution in [-0.2, 0) is 23.7 Å². The summed E-state index contributed by atoms with van der Waals surface area (Å²) in [6, 6.07) is 0. The molecule has 4 aliphatic carbocycles. The molecular weight excluding hydrogens is 504 g/mol. The van der Waals surface area contributed by atoms with Gasteiger partial charge in [0, 0.05) is 30.9 Å². The average molecular weight is 551 g/mol. The fourth-order valence-electron chi connectivity index (χ4n) is 10.2. The molecule has 0 aromatic heterocycles. The fraction of sp³-hybridized carbons (Fsp3) is 0.900. The molecule has 2 heterocycles. The van der Waals surface area contributed by atoms with Gasteiger partial charge in [-0.05, 0) is 80.6 Å². The maximum atomic E-state index is 12.4. The summed E-state index contributed by atoms with van der Waals surface area (Å²) in [5.41, 5.74) is -0.601. The lowest BCUT2D eigenvalue weighted by molar-refractivity contribution is -0.313. The van der Waals surface area contributed by atoms with E-state index in [4.69, 9.17) is 18.9 Å². The maximum Gasteiger partial charge on any atom is 0.331 e. The molecule has 1 saturated heterocycles. The number of carbonyl (C=O) groups is 1. The first-order chi connectivity index (χ1) is 18.4. The highest BCUT2D eigenvalue weighted by molar-refractivity contribution is 5.85. The minimum atomic E-state index is -1.06. The van der Waals surface area contributed by atoms with Crippen molar-refractivity contribution in [2.45, 2.75) is 121 Å². The molecule has 2 aliphatic heterocycles. The minimum absolute atomic E-state index is 0.0547. The van der Waals surface area contributed by atoms with Gasteiger partial charge in [-0.2, -0.15) is 0 Å². The van der Waals surface area contributed by atoms with Gasteiger partial charge in [0.15, 0.2) is 6.29 Å². The first-order valence-corrected chi connectivity index (χ1v) is 14.9. The highest BCUT2D eigenvalue weighted by Gasteiger charge is 2.70. The minimum Gasteiger partial charge on any atom is -0.458 e. The lowest BCUT2D eigenvalue weighted by Crippen LogP contribution is -2.62. The van der Waals surface area contributed by atoms with Crippen molar-refractivity contribution >= 4 is 5.97 Å². The molecule has 14 atom stereocenters. The number of hydrogen-bond acceptors (Lipinski definition) is 9. The Morgan fingerprint density at radius 2 is 1.79 bits per heavy atom. The molecule has 0 bridgehead atoms. The molecule has 6 aliphatic rings. The van der Waals surface area contributed by atoms with Gasteiger partial charge in [0.1, 0.15) is 24.9 Å². The highest BCUT2D eigenvalue weighted by Crippen LogP contribution is 2.70. The van der Waals surface area contributed by atoms with Crippen LogP contribution in [0.2, 0.25) is 0 Å². The van der Waals surface area contributed by atoms with Crippen molar-refractivity contribution in [2.75, 3.05) is 13.7 Å². The number of ether oxygens (including phenoxy) is 4. The second-order valence-electron chi connectivity index (χ2n) is 13.9. The van der Waals surface area contributed by atoms with E-state index < -0.39 is 47.8 Å². The molecule has 0 radical (unpaired) electrons. The Hall–Kier alpha value is -1.07. The van der Waals surface area contributed by atoms with Crippen LogP contribution in [0.3, 0.4) is 0 Å². The third-order valence-electron chi connectivity index (χ3n) is 12.3. The Balaban J connectivity index is 1.17. The molecule has 1 unspecified atom stereocenters.